The quantitative estimate of drug-likeness (QED) is 0.793. The second-order valence-corrected chi connectivity index (χ2v) is 4.00. The van der Waals surface area contributed by atoms with Gasteiger partial charge in [0.2, 0.25) is 0 Å². The molecule has 0 aliphatic rings. The zero-order valence-electron chi connectivity index (χ0n) is 10.3. The number of aliphatic hydroxyl groups excluding tert-OH is 1. The Morgan fingerprint density at radius 3 is 2.76 bits per heavy atom. The Balaban J connectivity index is 3.13. The van der Waals surface area contributed by atoms with Crippen molar-refractivity contribution >= 4 is 5.69 Å². The average molecular weight is 235 g/mol. The van der Waals surface area contributed by atoms with Crippen molar-refractivity contribution in [1.82, 2.24) is 0 Å². The molecule has 92 valence electrons. The van der Waals surface area contributed by atoms with Crippen LogP contribution in [0.25, 0.3) is 0 Å². The second kappa shape index (κ2) is 6.27. The van der Waals surface area contributed by atoms with Crippen LogP contribution < -0.4 is 4.90 Å². The molecule has 0 aromatic heterocycles. The van der Waals surface area contributed by atoms with Crippen molar-refractivity contribution in [2.75, 3.05) is 18.0 Å². The van der Waals surface area contributed by atoms with Crippen LogP contribution in [0.3, 0.4) is 0 Å². The van der Waals surface area contributed by atoms with Crippen molar-refractivity contribution in [3.05, 3.63) is 29.6 Å². The summed E-state index contributed by atoms with van der Waals surface area (Å²) in [5, 5.41) is 9.67. The molecular weight excluding hydrogens is 217 g/mol. The largest absolute Gasteiger partial charge is 0.389 e. The zero-order valence-corrected chi connectivity index (χ0v) is 10.3. The monoisotopic (exact) mass is 235 g/mol. The molecule has 17 heavy (non-hydrogen) atoms. The van der Waals surface area contributed by atoms with Crippen LogP contribution in [-0.2, 0) is 0 Å². The molecule has 0 radical (unpaired) electrons. The lowest BCUT2D eigenvalue weighted by molar-refractivity contribution is 0.199. The first-order valence-corrected chi connectivity index (χ1v) is 5.76. The summed E-state index contributed by atoms with van der Waals surface area (Å²) in [4.78, 5) is 1.97. The van der Waals surface area contributed by atoms with Crippen molar-refractivity contribution in [3.8, 4) is 12.3 Å². The van der Waals surface area contributed by atoms with Crippen molar-refractivity contribution < 1.29 is 9.50 Å². The maximum absolute atomic E-state index is 13.2. The molecule has 3 heteroatoms. The van der Waals surface area contributed by atoms with Crippen LogP contribution in [0, 0.1) is 18.2 Å². The van der Waals surface area contributed by atoms with Gasteiger partial charge < -0.3 is 10.0 Å². The summed E-state index contributed by atoms with van der Waals surface area (Å²) in [5.41, 5.74) is 1.38. The highest BCUT2D eigenvalue weighted by molar-refractivity contribution is 5.55. The summed E-state index contributed by atoms with van der Waals surface area (Å²) in [7, 11) is 0. The fourth-order valence-corrected chi connectivity index (χ4v) is 1.81. The Bertz CT molecular complexity index is 409. The van der Waals surface area contributed by atoms with Crippen molar-refractivity contribution in [2.24, 2.45) is 0 Å². The number of anilines is 1. The van der Waals surface area contributed by atoms with Crippen LogP contribution >= 0.6 is 0 Å². The lowest BCUT2D eigenvalue weighted by Gasteiger charge is -2.25. The third kappa shape index (κ3) is 3.47. The minimum atomic E-state index is -0.710. The van der Waals surface area contributed by atoms with E-state index in [1.54, 1.807) is 13.0 Å². The molecule has 1 N–H and O–H groups in total. The van der Waals surface area contributed by atoms with Crippen molar-refractivity contribution in [1.29, 1.82) is 0 Å². The summed E-state index contributed by atoms with van der Waals surface area (Å²) in [6.45, 7) is 4.92. The fraction of sp³-hybridized carbons (Fsp3) is 0.429. The topological polar surface area (TPSA) is 23.5 Å². The number of hydrogen-bond acceptors (Lipinski definition) is 2. The maximum Gasteiger partial charge on any atom is 0.123 e. The van der Waals surface area contributed by atoms with Crippen LogP contribution in [0.2, 0.25) is 0 Å². The molecular formula is C14H18FNO. The van der Waals surface area contributed by atoms with Gasteiger partial charge in [0, 0.05) is 17.8 Å². The van der Waals surface area contributed by atoms with Crippen molar-refractivity contribution in [2.45, 2.75) is 26.4 Å². The number of benzene rings is 1. The van der Waals surface area contributed by atoms with E-state index >= 15 is 0 Å². The summed E-state index contributed by atoms with van der Waals surface area (Å²) in [5.74, 6) is 2.24. The molecule has 0 aliphatic heterocycles. The average Bonchev–Trinajstić information content (AvgIpc) is 2.28. The third-order valence-corrected chi connectivity index (χ3v) is 2.56. The van der Waals surface area contributed by atoms with E-state index in [1.165, 1.54) is 12.1 Å². The number of halogens is 1. The van der Waals surface area contributed by atoms with E-state index in [0.29, 0.717) is 12.1 Å². The maximum atomic E-state index is 13.2. The molecule has 0 heterocycles. The van der Waals surface area contributed by atoms with E-state index in [4.69, 9.17) is 6.42 Å². The predicted molar refractivity (Wildman–Crippen MR) is 68.4 cm³/mol. The normalized spacial score (nSPS) is 11.9. The van der Waals surface area contributed by atoms with Gasteiger partial charge in [-0.2, -0.15) is 0 Å². The summed E-state index contributed by atoms with van der Waals surface area (Å²) >= 11 is 0. The number of terminal acetylenes is 1. The highest BCUT2D eigenvalue weighted by Crippen LogP contribution is 2.27. The highest BCUT2D eigenvalue weighted by atomic mass is 19.1. The molecule has 1 aromatic rings. The molecule has 2 nitrogen and oxygen atoms in total. The van der Waals surface area contributed by atoms with Crippen molar-refractivity contribution in [3.63, 3.8) is 0 Å². The van der Waals surface area contributed by atoms with E-state index in [1.807, 2.05) is 4.90 Å². The Kier molecular flexibility index (Phi) is 4.99. The number of rotatable bonds is 5. The molecule has 0 unspecified atom stereocenters. The van der Waals surface area contributed by atoms with Gasteiger partial charge in [-0.25, -0.2) is 4.39 Å². The first-order chi connectivity index (χ1) is 8.10. The number of aliphatic hydroxyl groups is 1. The first kappa shape index (κ1) is 13.5. The lowest BCUT2D eigenvalue weighted by atomic mass is 10.1. The van der Waals surface area contributed by atoms with Gasteiger partial charge in [0.15, 0.2) is 0 Å². The molecule has 0 amide bonds. The molecule has 0 spiro atoms. The third-order valence-electron chi connectivity index (χ3n) is 2.56. The molecule has 0 aliphatic carbocycles. The molecule has 1 rings (SSSR count). The minimum Gasteiger partial charge on any atom is -0.389 e. The molecule has 1 atom stereocenters. The van der Waals surface area contributed by atoms with E-state index in [-0.39, 0.29) is 5.82 Å². The van der Waals surface area contributed by atoms with E-state index in [9.17, 15) is 9.50 Å². The summed E-state index contributed by atoms with van der Waals surface area (Å²) in [6.07, 6.45) is 5.56. The number of nitrogens with zero attached hydrogens (tertiary/aromatic N) is 1. The molecule has 1 aromatic carbocycles. The second-order valence-electron chi connectivity index (χ2n) is 4.00. The van der Waals surface area contributed by atoms with Crippen LogP contribution in [0.15, 0.2) is 18.2 Å². The molecule has 0 saturated carbocycles. The fourth-order valence-electron chi connectivity index (χ4n) is 1.81. The van der Waals surface area contributed by atoms with Gasteiger partial charge in [-0.05, 0) is 31.5 Å². The zero-order chi connectivity index (χ0) is 12.8. The van der Waals surface area contributed by atoms with Crippen LogP contribution in [0.4, 0.5) is 10.1 Å². The first-order valence-electron chi connectivity index (χ1n) is 5.76. The minimum absolute atomic E-state index is 0.346. The number of hydrogen-bond donors (Lipinski definition) is 1. The lowest BCUT2D eigenvalue weighted by Crippen LogP contribution is -2.25. The van der Waals surface area contributed by atoms with Crippen LogP contribution in [0.5, 0.6) is 0 Å². The summed E-state index contributed by atoms with van der Waals surface area (Å²) < 4.78 is 13.2. The molecule has 0 fully saturated rings. The van der Waals surface area contributed by atoms with Crippen LogP contribution in [-0.4, -0.2) is 18.2 Å². The van der Waals surface area contributed by atoms with E-state index < -0.39 is 6.10 Å². The smallest absolute Gasteiger partial charge is 0.123 e. The van der Waals surface area contributed by atoms with Gasteiger partial charge in [0.25, 0.3) is 0 Å². The highest BCUT2D eigenvalue weighted by Gasteiger charge is 2.14. The Morgan fingerprint density at radius 2 is 2.24 bits per heavy atom. The van der Waals surface area contributed by atoms with Gasteiger partial charge in [-0.3, -0.25) is 0 Å². The SMILES string of the molecule is C#CCN(CCC)c1ccc(F)cc1[C@H](C)O. The Labute approximate surface area is 102 Å². The van der Waals surface area contributed by atoms with Gasteiger partial charge in [0.05, 0.1) is 12.6 Å². The van der Waals surface area contributed by atoms with Crippen LogP contribution in [0.1, 0.15) is 31.9 Å². The summed E-state index contributed by atoms with van der Waals surface area (Å²) in [6, 6.07) is 4.42. The Hall–Kier alpha value is -1.53. The Morgan fingerprint density at radius 1 is 1.53 bits per heavy atom. The standard InChI is InChI=1S/C14H18FNO/c1-4-8-16(9-5-2)14-7-6-12(15)10-13(14)11(3)17/h1,6-7,10-11,17H,5,8-9H2,2-3H3/t11-/m0/s1. The predicted octanol–water partition coefficient (Wildman–Crippen LogP) is 2.73. The van der Waals surface area contributed by atoms with Gasteiger partial charge in [-0.1, -0.05) is 12.8 Å². The molecule has 0 bridgehead atoms. The van der Waals surface area contributed by atoms with E-state index in [2.05, 4.69) is 12.8 Å². The van der Waals surface area contributed by atoms with Gasteiger partial charge >= 0.3 is 0 Å². The van der Waals surface area contributed by atoms with Gasteiger partial charge in [-0.15, -0.1) is 6.42 Å². The van der Waals surface area contributed by atoms with E-state index in [0.717, 1.165) is 18.7 Å². The molecule has 0 saturated heterocycles. The van der Waals surface area contributed by atoms with Gasteiger partial charge in [0.1, 0.15) is 5.82 Å².